The number of unbranched alkanes of at least 4 members (excludes halogenated alkanes) is 2. The molecule has 0 saturated carbocycles. The van der Waals surface area contributed by atoms with Gasteiger partial charge >= 0.3 is 5.97 Å². The van der Waals surface area contributed by atoms with Crippen molar-refractivity contribution in [1.82, 2.24) is 0 Å². The number of ether oxygens (including phenoxy) is 3. The molecule has 0 radical (unpaired) electrons. The van der Waals surface area contributed by atoms with Crippen LogP contribution in [0.2, 0.25) is 0 Å². The predicted octanol–water partition coefficient (Wildman–Crippen LogP) is 6.00. The van der Waals surface area contributed by atoms with Gasteiger partial charge in [-0.3, -0.25) is 0 Å². The molecule has 1 atom stereocenters. The number of benzene rings is 3. The first-order valence-corrected chi connectivity index (χ1v) is 11.7. The first kappa shape index (κ1) is 23.9. The van der Waals surface area contributed by atoms with E-state index in [-0.39, 0.29) is 5.88 Å². The maximum absolute atomic E-state index is 12.7. The van der Waals surface area contributed by atoms with Crippen LogP contribution in [0.3, 0.4) is 0 Å². The van der Waals surface area contributed by atoms with Gasteiger partial charge in [0.2, 0.25) is 5.88 Å². The van der Waals surface area contributed by atoms with Gasteiger partial charge in [-0.05, 0) is 48.7 Å². The fourth-order valence-corrected chi connectivity index (χ4v) is 4.13. The average molecular weight is 469 g/mol. The molecule has 6 heteroatoms. The highest BCUT2D eigenvalue weighted by Crippen LogP contribution is 2.44. The molecular formula is C29H28N2O4. The molecule has 0 spiro atoms. The van der Waals surface area contributed by atoms with Crippen LogP contribution in [0.5, 0.6) is 17.2 Å². The van der Waals surface area contributed by atoms with Crippen LogP contribution in [0, 0.1) is 18.3 Å². The Morgan fingerprint density at radius 1 is 1.06 bits per heavy atom. The second-order valence-electron chi connectivity index (χ2n) is 8.46. The van der Waals surface area contributed by atoms with Crippen molar-refractivity contribution in [3.05, 3.63) is 100 Å². The van der Waals surface area contributed by atoms with Gasteiger partial charge in [0.15, 0.2) is 0 Å². The van der Waals surface area contributed by atoms with Crippen molar-refractivity contribution in [3.8, 4) is 23.3 Å². The zero-order valence-corrected chi connectivity index (χ0v) is 19.9. The molecule has 0 bridgehead atoms. The lowest BCUT2D eigenvalue weighted by atomic mass is 9.83. The second kappa shape index (κ2) is 10.8. The lowest BCUT2D eigenvalue weighted by Gasteiger charge is -2.27. The van der Waals surface area contributed by atoms with Crippen LogP contribution >= 0.6 is 0 Å². The van der Waals surface area contributed by atoms with E-state index >= 15 is 0 Å². The SMILES string of the molecule is CCCCCOc1cccc(C2C(C#N)=C(N)Oc3cc(OC(=O)c4ccccc4C)ccc32)c1. The summed E-state index contributed by atoms with van der Waals surface area (Å²) in [5.74, 6) is 0.661. The van der Waals surface area contributed by atoms with E-state index in [9.17, 15) is 10.1 Å². The third-order valence-electron chi connectivity index (χ3n) is 5.97. The van der Waals surface area contributed by atoms with Crippen LogP contribution < -0.4 is 19.9 Å². The van der Waals surface area contributed by atoms with E-state index < -0.39 is 11.9 Å². The Morgan fingerprint density at radius 3 is 2.66 bits per heavy atom. The molecule has 4 rings (SSSR count). The molecule has 1 aliphatic heterocycles. The van der Waals surface area contributed by atoms with Crippen molar-refractivity contribution in [1.29, 1.82) is 5.26 Å². The minimum atomic E-state index is -0.454. The summed E-state index contributed by atoms with van der Waals surface area (Å²) in [6, 6.07) is 22.3. The standard InChI is InChI=1S/C29H28N2O4/c1-3-4-7-15-33-21-11-8-10-20(16-21)27-24-14-13-22(17-26(24)35-28(31)25(27)18-30)34-29(32)23-12-6-5-9-19(23)2/h5-6,8-14,16-17,27H,3-4,7,15,31H2,1-2H3. The molecule has 178 valence electrons. The minimum absolute atomic E-state index is 0.0293. The van der Waals surface area contributed by atoms with Crippen LogP contribution in [0.4, 0.5) is 0 Å². The van der Waals surface area contributed by atoms with Gasteiger partial charge in [-0.2, -0.15) is 5.26 Å². The van der Waals surface area contributed by atoms with Crippen LogP contribution in [0.1, 0.15) is 59.2 Å². The van der Waals surface area contributed by atoms with Crippen molar-refractivity contribution in [3.63, 3.8) is 0 Å². The Hall–Kier alpha value is -4.24. The van der Waals surface area contributed by atoms with Crippen LogP contribution in [0.25, 0.3) is 0 Å². The molecule has 2 N–H and O–H groups in total. The van der Waals surface area contributed by atoms with Crippen LogP contribution in [-0.4, -0.2) is 12.6 Å². The van der Waals surface area contributed by atoms with E-state index in [2.05, 4.69) is 13.0 Å². The molecule has 0 aliphatic carbocycles. The number of esters is 1. The molecular weight excluding hydrogens is 440 g/mol. The zero-order chi connectivity index (χ0) is 24.8. The number of hydrogen-bond acceptors (Lipinski definition) is 6. The number of aryl methyl sites for hydroxylation is 1. The van der Waals surface area contributed by atoms with Gasteiger partial charge in [0.05, 0.1) is 18.1 Å². The van der Waals surface area contributed by atoms with E-state index in [4.69, 9.17) is 19.9 Å². The Balaban J connectivity index is 1.63. The fraction of sp³-hybridized carbons (Fsp3) is 0.241. The van der Waals surface area contributed by atoms with Crippen molar-refractivity contribution in [2.24, 2.45) is 5.73 Å². The monoisotopic (exact) mass is 468 g/mol. The number of nitriles is 1. The van der Waals surface area contributed by atoms with E-state index in [1.807, 2.05) is 43.3 Å². The summed E-state index contributed by atoms with van der Waals surface area (Å²) in [5.41, 5.74) is 9.41. The topological polar surface area (TPSA) is 94.6 Å². The molecule has 0 fully saturated rings. The molecule has 1 aliphatic rings. The lowest BCUT2D eigenvalue weighted by Crippen LogP contribution is -2.21. The van der Waals surface area contributed by atoms with Crippen LogP contribution in [0.15, 0.2) is 78.2 Å². The Labute approximate surface area is 205 Å². The minimum Gasteiger partial charge on any atom is -0.494 e. The maximum atomic E-state index is 12.7. The summed E-state index contributed by atoms with van der Waals surface area (Å²) in [7, 11) is 0. The van der Waals surface area contributed by atoms with Crippen molar-refractivity contribution >= 4 is 5.97 Å². The van der Waals surface area contributed by atoms with Gasteiger partial charge in [-0.15, -0.1) is 0 Å². The Bertz CT molecular complexity index is 1310. The number of hydrogen-bond donors (Lipinski definition) is 1. The first-order chi connectivity index (χ1) is 17.0. The highest BCUT2D eigenvalue weighted by atomic mass is 16.5. The molecule has 3 aromatic carbocycles. The highest BCUT2D eigenvalue weighted by Gasteiger charge is 2.31. The van der Waals surface area contributed by atoms with Gasteiger partial charge in [-0.25, -0.2) is 4.79 Å². The van der Waals surface area contributed by atoms with Gasteiger partial charge in [-0.1, -0.05) is 56.2 Å². The number of rotatable bonds is 8. The second-order valence-corrected chi connectivity index (χ2v) is 8.46. The molecule has 0 saturated heterocycles. The maximum Gasteiger partial charge on any atom is 0.343 e. The van der Waals surface area contributed by atoms with Gasteiger partial charge in [0, 0.05) is 11.6 Å². The molecule has 1 heterocycles. The Kier molecular flexibility index (Phi) is 7.37. The summed E-state index contributed by atoms with van der Waals surface area (Å²) in [5, 5.41) is 9.85. The third kappa shape index (κ3) is 5.30. The summed E-state index contributed by atoms with van der Waals surface area (Å²) in [6.07, 6.45) is 3.23. The number of nitrogens with zero attached hydrogens (tertiary/aromatic N) is 1. The molecule has 6 nitrogen and oxygen atoms in total. The van der Waals surface area contributed by atoms with Crippen molar-refractivity contribution in [2.45, 2.75) is 39.0 Å². The summed E-state index contributed by atoms with van der Waals surface area (Å²) < 4.78 is 17.3. The van der Waals surface area contributed by atoms with E-state index in [1.165, 1.54) is 0 Å². The van der Waals surface area contributed by atoms with Gasteiger partial charge in [0.25, 0.3) is 0 Å². The predicted molar refractivity (Wildman–Crippen MR) is 133 cm³/mol. The summed E-state index contributed by atoms with van der Waals surface area (Å²) >= 11 is 0. The molecule has 0 amide bonds. The Morgan fingerprint density at radius 2 is 1.89 bits per heavy atom. The molecule has 3 aromatic rings. The fourth-order valence-electron chi connectivity index (χ4n) is 4.13. The highest BCUT2D eigenvalue weighted by molar-refractivity contribution is 5.92. The van der Waals surface area contributed by atoms with Gasteiger partial charge in [0.1, 0.15) is 28.9 Å². The number of allylic oxidation sites excluding steroid dienone is 1. The zero-order valence-electron chi connectivity index (χ0n) is 19.9. The first-order valence-electron chi connectivity index (χ1n) is 11.7. The number of carbonyl (C=O) groups excluding carboxylic acids is 1. The summed E-state index contributed by atoms with van der Waals surface area (Å²) in [4.78, 5) is 12.7. The van der Waals surface area contributed by atoms with E-state index in [0.29, 0.717) is 29.2 Å². The normalized spacial score (nSPS) is 14.5. The number of fused-ring (bicyclic) bond motifs is 1. The van der Waals surface area contributed by atoms with Gasteiger partial charge < -0.3 is 19.9 Å². The smallest absolute Gasteiger partial charge is 0.343 e. The van der Waals surface area contributed by atoms with E-state index in [0.717, 1.165) is 41.7 Å². The summed E-state index contributed by atoms with van der Waals surface area (Å²) in [6.45, 7) is 4.65. The third-order valence-corrected chi connectivity index (χ3v) is 5.97. The molecule has 0 aromatic heterocycles. The van der Waals surface area contributed by atoms with Crippen molar-refractivity contribution < 1.29 is 19.0 Å². The number of nitrogens with two attached hydrogens (primary N) is 1. The quantitative estimate of drug-likeness (QED) is 0.247. The molecule has 35 heavy (non-hydrogen) atoms. The number of carbonyl (C=O) groups is 1. The van der Waals surface area contributed by atoms with E-state index in [1.54, 1.807) is 30.3 Å². The molecule has 1 unspecified atom stereocenters. The lowest BCUT2D eigenvalue weighted by molar-refractivity contribution is 0.0733. The van der Waals surface area contributed by atoms with Crippen molar-refractivity contribution in [2.75, 3.05) is 6.61 Å². The van der Waals surface area contributed by atoms with Crippen LogP contribution in [-0.2, 0) is 0 Å². The average Bonchev–Trinajstić information content (AvgIpc) is 2.86. The largest absolute Gasteiger partial charge is 0.494 e.